The second-order valence-electron chi connectivity index (χ2n) is 4.88. The summed E-state index contributed by atoms with van der Waals surface area (Å²) in [6, 6.07) is 0. The second kappa shape index (κ2) is 5.59. The Labute approximate surface area is 102 Å². The zero-order valence-electron chi connectivity index (χ0n) is 9.12. The first-order valence-electron chi connectivity index (χ1n) is 4.11. The van der Waals surface area contributed by atoms with Gasteiger partial charge in [0.15, 0.2) is 0 Å². The molecule has 0 atom stereocenters. The first kappa shape index (κ1) is 16.2. The molecular weight excluding hydrogens is 250 g/mol. The molecule has 83 valence electrons. The average molecular weight is 269 g/mol. The van der Waals surface area contributed by atoms with Crippen LogP contribution in [0.2, 0.25) is 0 Å². The van der Waals surface area contributed by atoms with Gasteiger partial charge in [0, 0.05) is 27.4 Å². The summed E-state index contributed by atoms with van der Waals surface area (Å²) < 4.78 is 1.09. The monoisotopic (exact) mass is 268 g/mol. The van der Waals surface area contributed by atoms with E-state index in [1.807, 2.05) is 0 Å². The maximum Gasteiger partial charge on any atom is 0.134 e. The number of thioether (sulfide) groups is 1. The number of rotatable bonds is 0. The molecule has 4 heteroatoms. The van der Waals surface area contributed by atoms with Gasteiger partial charge in [0.05, 0.1) is 0 Å². The van der Waals surface area contributed by atoms with Crippen molar-refractivity contribution in [3.8, 4) is 0 Å². The minimum atomic E-state index is 0. The molecule has 0 bridgehead atoms. The molecule has 0 rings (SSSR count). The van der Waals surface area contributed by atoms with Crippen LogP contribution in [0, 0.1) is 0 Å². The summed E-state index contributed by atoms with van der Waals surface area (Å²) in [5.74, 6) is 0. The number of hydrogen-bond acceptors (Lipinski definition) is 2. The molecule has 0 fully saturated rings. The minimum absolute atomic E-state index is 0. The molecule has 13 heavy (non-hydrogen) atoms. The topological polar surface area (TPSA) is 12.0 Å². The van der Waals surface area contributed by atoms with Crippen molar-refractivity contribution < 1.29 is 17.1 Å². The molecule has 1 N–H and O–H groups in total. The Balaban J connectivity index is 0. The van der Waals surface area contributed by atoms with Crippen molar-refractivity contribution in [2.24, 2.45) is 0 Å². The molecular formula is C9H19CuNS2. The van der Waals surface area contributed by atoms with Crippen LogP contribution < -0.4 is 5.32 Å². The second-order valence-corrected chi connectivity index (χ2v) is 7.38. The molecule has 0 aromatic heterocycles. The largest absolute Gasteiger partial charge is 0.366 e. The average Bonchev–Trinajstić information content (AvgIpc) is 1.49. The molecule has 0 aliphatic rings. The van der Waals surface area contributed by atoms with Gasteiger partial charge >= 0.3 is 0 Å². The van der Waals surface area contributed by atoms with Crippen molar-refractivity contribution in [1.82, 2.24) is 5.32 Å². The molecule has 0 heterocycles. The fourth-order valence-electron chi connectivity index (χ4n) is 0.610. The third-order valence-electron chi connectivity index (χ3n) is 0.876. The summed E-state index contributed by atoms with van der Waals surface area (Å²) in [5, 5.41) is 3.27. The van der Waals surface area contributed by atoms with Crippen LogP contribution in [0.25, 0.3) is 0 Å². The van der Waals surface area contributed by atoms with Crippen LogP contribution in [0.3, 0.4) is 0 Å². The third-order valence-corrected chi connectivity index (χ3v) is 2.13. The van der Waals surface area contributed by atoms with E-state index < -0.39 is 0 Å². The van der Waals surface area contributed by atoms with E-state index in [9.17, 15) is 0 Å². The molecule has 0 aromatic carbocycles. The van der Waals surface area contributed by atoms with Crippen LogP contribution in [-0.4, -0.2) is 14.6 Å². The quantitative estimate of drug-likeness (QED) is 0.535. The first-order valence-corrected chi connectivity index (χ1v) is 5.34. The van der Waals surface area contributed by atoms with E-state index >= 15 is 0 Å². The van der Waals surface area contributed by atoms with Crippen molar-refractivity contribution >= 4 is 28.3 Å². The van der Waals surface area contributed by atoms with E-state index in [1.165, 1.54) is 0 Å². The maximum atomic E-state index is 5.20. The molecule has 0 saturated carbocycles. The fourth-order valence-corrected chi connectivity index (χ4v) is 2.58. The van der Waals surface area contributed by atoms with Crippen molar-refractivity contribution in [2.45, 2.75) is 51.8 Å². The summed E-state index contributed by atoms with van der Waals surface area (Å²) in [6.07, 6.45) is 0. The Kier molecular flexibility index (Phi) is 6.97. The predicted octanol–water partition coefficient (Wildman–Crippen LogP) is 3.19. The zero-order chi connectivity index (χ0) is 9.99. The fraction of sp³-hybridized carbons (Fsp3) is 0.889. The van der Waals surface area contributed by atoms with Gasteiger partial charge < -0.3 is 5.32 Å². The van der Waals surface area contributed by atoms with Gasteiger partial charge in [-0.2, -0.15) is 0 Å². The van der Waals surface area contributed by atoms with Gasteiger partial charge in [0.1, 0.15) is 4.32 Å². The standard InChI is InChI=1S/C9H19NS2.Cu/c1-8(2,3)10-7(11)12-9(4,5)6;/h1-6H3,(H,10,11);. The van der Waals surface area contributed by atoms with E-state index in [1.54, 1.807) is 11.8 Å². The van der Waals surface area contributed by atoms with Crippen LogP contribution in [0.5, 0.6) is 0 Å². The van der Waals surface area contributed by atoms with Gasteiger partial charge in [0.2, 0.25) is 0 Å². The number of nitrogens with one attached hydrogen (secondary N) is 1. The molecule has 1 radical (unpaired) electrons. The van der Waals surface area contributed by atoms with Crippen LogP contribution >= 0.6 is 24.0 Å². The van der Waals surface area contributed by atoms with Crippen LogP contribution in [0.1, 0.15) is 41.5 Å². The summed E-state index contributed by atoms with van der Waals surface area (Å²) >= 11 is 6.91. The van der Waals surface area contributed by atoms with Crippen LogP contribution in [0.4, 0.5) is 0 Å². The molecule has 0 unspecified atom stereocenters. The Hall–Kier alpha value is 0.759. The Morgan fingerprint density at radius 3 is 1.69 bits per heavy atom. The normalized spacial score (nSPS) is 11.8. The van der Waals surface area contributed by atoms with Gasteiger partial charge in [0.25, 0.3) is 0 Å². The molecule has 1 nitrogen and oxygen atoms in total. The zero-order valence-corrected chi connectivity index (χ0v) is 11.7. The van der Waals surface area contributed by atoms with Crippen molar-refractivity contribution in [3.05, 3.63) is 0 Å². The minimum Gasteiger partial charge on any atom is -0.366 e. The summed E-state index contributed by atoms with van der Waals surface area (Å²) in [7, 11) is 0. The van der Waals surface area contributed by atoms with Gasteiger partial charge in [-0.05, 0) is 20.8 Å². The van der Waals surface area contributed by atoms with E-state index in [0.717, 1.165) is 4.32 Å². The molecule has 0 aliphatic heterocycles. The number of thiocarbonyl (C=S) groups is 1. The van der Waals surface area contributed by atoms with E-state index in [4.69, 9.17) is 12.2 Å². The van der Waals surface area contributed by atoms with Gasteiger partial charge in [-0.25, -0.2) is 0 Å². The molecule has 0 aliphatic carbocycles. The third kappa shape index (κ3) is 12.8. The predicted molar refractivity (Wildman–Crippen MR) is 62.8 cm³/mol. The smallest absolute Gasteiger partial charge is 0.134 e. The molecule has 0 saturated heterocycles. The van der Waals surface area contributed by atoms with E-state index in [2.05, 4.69) is 46.9 Å². The van der Waals surface area contributed by atoms with E-state index in [-0.39, 0.29) is 27.4 Å². The van der Waals surface area contributed by atoms with Crippen LogP contribution in [0.15, 0.2) is 0 Å². The van der Waals surface area contributed by atoms with Gasteiger partial charge in [-0.15, -0.1) is 0 Å². The van der Waals surface area contributed by atoms with Gasteiger partial charge in [-0.3, -0.25) is 0 Å². The molecule has 0 spiro atoms. The van der Waals surface area contributed by atoms with Crippen molar-refractivity contribution in [2.75, 3.05) is 0 Å². The Morgan fingerprint density at radius 1 is 1.08 bits per heavy atom. The molecule has 0 amide bonds. The summed E-state index contributed by atoms with van der Waals surface area (Å²) in [5.41, 5.74) is 0.0787. The first-order chi connectivity index (χ1) is 5.10. The SMILES string of the molecule is CC(C)(C)NC(=S)SC(C)(C)C.[Cu]. The van der Waals surface area contributed by atoms with E-state index in [0.29, 0.717) is 0 Å². The van der Waals surface area contributed by atoms with Gasteiger partial charge in [-0.1, -0.05) is 44.8 Å². The summed E-state index contributed by atoms with van der Waals surface area (Å²) in [6.45, 7) is 12.8. The van der Waals surface area contributed by atoms with Crippen molar-refractivity contribution in [3.63, 3.8) is 0 Å². The Morgan fingerprint density at radius 2 is 1.46 bits per heavy atom. The van der Waals surface area contributed by atoms with Crippen LogP contribution in [-0.2, 0) is 17.1 Å². The maximum absolute atomic E-state index is 5.20. The molecule has 0 aromatic rings. The van der Waals surface area contributed by atoms with Crippen molar-refractivity contribution in [1.29, 1.82) is 0 Å². The Bertz CT molecular complexity index is 149. The number of hydrogen-bond donors (Lipinski definition) is 1. The summed E-state index contributed by atoms with van der Waals surface area (Å²) in [4.78, 5) is 0.